The van der Waals surface area contributed by atoms with E-state index in [1.807, 2.05) is 12.1 Å². The second-order valence-electron chi connectivity index (χ2n) is 6.55. The lowest BCUT2D eigenvalue weighted by atomic mass is 10.0. The van der Waals surface area contributed by atoms with Gasteiger partial charge in [-0.1, -0.05) is 19.1 Å². The van der Waals surface area contributed by atoms with E-state index >= 15 is 0 Å². The minimum Gasteiger partial charge on any atom is -0.326 e. The molecule has 5 atom stereocenters. The van der Waals surface area contributed by atoms with E-state index in [0.717, 1.165) is 35.8 Å². The Bertz CT molecular complexity index is 490. The number of hydrogen-bond acceptors (Lipinski definition) is 1. The quantitative estimate of drug-likeness (QED) is 0.880. The number of carbonyl (C=O) groups excluding carboxylic acids is 1. The summed E-state index contributed by atoms with van der Waals surface area (Å²) in [5, 5.41) is 3.11. The Kier molecular flexibility index (Phi) is 2.48. The van der Waals surface area contributed by atoms with Gasteiger partial charge < -0.3 is 5.32 Å². The summed E-state index contributed by atoms with van der Waals surface area (Å²) in [5.41, 5.74) is 2.28. The predicted octanol–water partition coefficient (Wildman–Crippen LogP) is 3.48. The largest absolute Gasteiger partial charge is 0.326 e. The van der Waals surface area contributed by atoms with Crippen LogP contribution in [-0.4, -0.2) is 5.91 Å². The van der Waals surface area contributed by atoms with Gasteiger partial charge in [0.25, 0.3) is 0 Å². The van der Waals surface area contributed by atoms with Crippen molar-refractivity contribution in [3.05, 3.63) is 29.8 Å². The van der Waals surface area contributed by atoms with Crippen LogP contribution in [0.4, 0.5) is 5.69 Å². The van der Waals surface area contributed by atoms with Gasteiger partial charge in [0, 0.05) is 11.6 Å². The molecule has 100 valence electrons. The summed E-state index contributed by atoms with van der Waals surface area (Å²) < 4.78 is 0. The fourth-order valence-electron chi connectivity index (χ4n) is 4.72. The van der Waals surface area contributed by atoms with Gasteiger partial charge in [-0.05, 0) is 67.1 Å². The fourth-order valence-corrected chi connectivity index (χ4v) is 4.72. The lowest BCUT2D eigenvalue weighted by Gasteiger charge is -2.10. The molecule has 1 unspecified atom stereocenters. The first kappa shape index (κ1) is 11.5. The monoisotopic (exact) mass is 255 g/mol. The molecular formula is C17H21NO. The second kappa shape index (κ2) is 4.09. The first-order chi connectivity index (χ1) is 9.28. The molecule has 2 heteroatoms. The van der Waals surface area contributed by atoms with Crippen molar-refractivity contribution in [3.63, 3.8) is 0 Å². The zero-order chi connectivity index (χ0) is 13.0. The summed E-state index contributed by atoms with van der Waals surface area (Å²) >= 11 is 0. The highest BCUT2D eigenvalue weighted by atomic mass is 16.2. The molecule has 0 aromatic heterocycles. The summed E-state index contributed by atoms with van der Waals surface area (Å²) in [6.07, 6.45) is 5.20. The zero-order valence-corrected chi connectivity index (χ0v) is 11.4. The number of hydrogen-bond donors (Lipinski definition) is 1. The van der Waals surface area contributed by atoms with E-state index < -0.39 is 0 Å². The summed E-state index contributed by atoms with van der Waals surface area (Å²) in [6.45, 7) is 2.15. The van der Waals surface area contributed by atoms with Crippen molar-refractivity contribution in [2.45, 2.75) is 32.6 Å². The molecule has 4 rings (SSSR count). The van der Waals surface area contributed by atoms with Gasteiger partial charge >= 0.3 is 0 Å². The van der Waals surface area contributed by atoms with Gasteiger partial charge in [0.1, 0.15) is 0 Å². The third-order valence-corrected chi connectivity index (χ3v) is 5.67. The Labute approximate surface area is 114 Å². The molecule has 0 radical (unpaired) electrons. The van der Waals surface area contributed by atoms with E-state index in [1.165, 1.54) is 24.8 Å². The van der Waals surface area contributed by atoms with E-state index in [9.17, 15) is 4.79 Å². The Hall–Kier alpha value is -1.31. The molecule has 1 N–H and O–H groups in total. The number of aryl methyl sites for hydroxylation is 1. The van der Waals surface area contributed by atoms with Crippen molar-refractivity contribution >= 4 is 11.6 Å². The number of amides is 1. The number of fused-ring (bicyclic) bond motifs is 5. The van der Waals surface area contributed by atoms with Crippen LogP contribution in [-0.2, 0) is 11.2 Å². The van der Waals surface area contributed by atoms with Crippen molar-refractivity contribution < 1.29 is 4.79 Å². The van der Waals surface area contributed by atoms with Gasteiger partial charge in [-0.2, -0.15) is 0 Å². The zero-order valence-electron chi connectivity index (χ0n) is 11.4. The second-order valence-corrected chi connectivity index (χ2v) is 6.55. The highest BCUT2D eigenvalue weighted by Gasteiger charge is 2.67. The third kappa shape index (κ3) is 1.73. The van der Waals surface area contributed by atoms with Crippen molar-refractivity contribution in [2.75, 3.05) is 5.32 Å². The first-order valence-electron chi connectivity index (χ1n) is 7.67. The maximum absolute atomic E-state index is 12.4. The van der Waals surface area contributed by atoms with Crippen molar-refractivity contribution in [1.82, 2.24) is 0 Å². The summed E-state index contributed by atoms with van der Waals surface area (Å²) in [4.78, 5) is 12.4. The Morgan fingerprint density at radius 3 is 2.37 bits per heavy atom. The number of carbonyl (C=O) groups is 1. The molecule has 3 aliphatic rings. The van der Waals surface area contributed by atoms with E-state index in [-0.39, 0.29) is 5.91 Å². The molecule has 0 aliphatic heterocycles. The highest BCUT2D eigenvalue weighted by Crippen LogP contribution is 2.69. The van der Waals surface area contributed by atoms with Crippen LogP contribution in [0.3, 0.4) is 0 Å². The normalized spacial score (nSPS) is 38.1. The van der Waals surface area contributed by atoms with Crippen LogP contribution in [0.1, 0.15) is 31.7 Å². The van der Waals surface area contributed by atoms with Crippen molar-refractivity contribution in [1.29, 1.82) is 0 Å². The van der Waals surface area contributed by atoms with Gasteiger partial charge in [-0.3, -0.25) is 4.79 Å². The van der Waals surface area contributed by atoms with Crippen LogP contribution in [0.25, 0.3) is 0 Å². The highest BCUT2D eigenvalue weighted by molar-refractivity contribution is 5.95. The Morgan fingerprint density at radius 1 is 1.16 bits per heavy atom. The average molecular weight is 255 g/mol. The third-order valence-electron chi connectivity index (χ3n) is 5.67. The van der Waals surface area contributed by atoms with Crippen LogP contribution in [0.15, 0.2) is 24.3 Å². The van der Waals surface area contributed by atoms with Gasteiger partial charge in [0.15, 0.2) is 0 Å². The molecule has 3 fully saturated rings. The molecule has 0 spiro atoms. The van der Waals surface area contributed by atoms with Gasteiger partial charge in [0.05, 0.1) is 0 Å². The Balaban J connectivity index is 1.42. The Morgan fingerprint density at radius 2 is 1.79 bits per heavy atom. The lowest BCUT2D eigenvalue weighted by molar-refractivity contribution is -0.118. The van der Waals surface area contributed by atoms with E-state index in [4.69, 9.17) is 0 Å². The number of anilines is 1. The van der Waals surface area contributed by atoms with Crippen LogP contribution in [0.5, 0.6) is 0 Å². The van der Waals surface area contributed by atoms with Gasteiger partial charge in [-0.15, -0.1) is 0 Å². The molecule has 1 amide bonds. The van der Waals surface area contributed by atoms with Crippen LogP contribution in [0.2, 0.25) is 0 Å². The molecule has 0 heterocycles. The molecule has 19 heavy (non-hydrogen) atoms. The topological polar surface area (TPSA) is 29.1 Å². The van der Waals surface area contributed by atoms with E-state index in [1.54, 1.807) is 0 Å². The lowest BCUT2D eigenvalue weighted by Crippen LogP contribution is -2.18. The molecule has 1 aromatic rings. The summed E-state index contributed by atoms with van der Waals surface area (Å²) in [6, 6.07) is 8.27. The van der Waals surface area contributed by atoms with Crippen molar-refractivity contribution in [3.8, 4) is 0 Å². The molecule has 3 aliphatic carbocycles. The maximum atomic E-state index is 12.4. The number of benzene rings is 1. The average Bonchev–Trinajstić information content (AvgIpc) is 2.89. The van der Waals surface area contributed by atoms with Crippen LogP contribution < -0.4 is 5.32 Å². The summed E-state index contributed by atoms with van der Waals surface area (Å²) in [7, 11) is 0. The van der Waals surface area contributed by atoms with E-state index in [0.29, 0.717) is 5.92 Å². The molecular weight excluding hydrogens is 234 g/mol. The van der Waals surface area contributed by atoms with Crippen LogP contribution in [0, 0.1) is 29.6 Å². The molecule has 0 saturated heterocycles. The predicted molar refractivity (Wildman–Crippen MR) is 75.8 cm³/mol. The molecule has 2 nitrogen and oxygen atoms in total. The van der Waals surface area contributed by atoms with Crippen LogP contribution >= 0.6 is 0 Å². The SMILES string of the molecule is CCc1ccc(NC(=O)C2[C@@H]3[C@H]4CC[C@H](C4)[C@H]23)cc1. The number of rotatable bonds is 3. The molecule has 2 bridgehead atoms. The smallest absolute Gasteiger partial charge is 0.228 e. The molecule has 1 aromatic carbocycles. The number of nitrogens with one attached hydrogen (secondary N) is 1. The van der Waals surface area contributed by atoms with Gasteiger partial charge in [0.2, 0.25) is 5.91 Å². The van der Waals surface area contributed by atoms with Gasteiger partial charge in [-0.25, -0.2) is 0 Å². The minimum absolute atomic E-state index is 0.274. The van der Waals surface area contributed by atoms with Crippen molar-refractivity contribution in [2.24, 2.45) is 29.6 Å². The standard InChI is InChI=1S/C17H21NO/c1-2-10-3-7-13(8-4-10)18-17(19)16-14-11-5-6-12(9-11)15(14)16/h3-4,7-8,11-12,14-16H,2,5-6,9H2,1H3,(H,18,19)/t11-,12+,14+,15-,16?. The van der Waals surface area contributed by atoms with E-state index in [2.05, 4.69) is 24.4 Å². The summed E-state index contributed by atoms with van der Waals surface area (Å²) in [5.74, 6) is 3.80. The maximum Gasteiger partial charge on any atom is 0.228 e. The minimum atomic E-state index is 0.274. The first-order valence-corrected chi connectivity index (χ1v) is 7.67. The fraction of sp³-hybridized carbons (Fsp3) is 0.588. The molecule has 3 saturated carbocycles.